The average Bonchev–Trinajstić information content (AvgIpc) is 3.04. The fraction of sp³-hybridized carbons (Fsp3) is 0.300. The number of aryl methyl sites for hydroxylation is 2. The number of hydrogen-bond acceptors (Lipinski definition) is 3. The third kappa shape index (κ3) is 3.22. The normalized spacial score (nSPS) is 18.0. The van der Waals surface area contributed by atoms with Crippen molar-refractivity contribution in [2.45, 2.75) is 38.7 Å². The van der Waals surface area contributed by atoms with Crippen molar-refractivity contribution in [1.29, 1.82) is 0 Å². The molecule has 5 nitrogen and oxygen atoms in total. The van der Waals surface area contributed by atoms with Gasteiger partial charge >= 0.3 is 0 Å². The maximum Gasteiger partial charge on any atom is 0.265 e. The highest BCUT2D eigenvalue weighted by Gasteiger charge is 2.23. The van der Waals surface area contributed by atoms with E-state index in [4.69, 9.17) is 4.74 Å². The van der Waals surface area contributed by atoms with Crippen molar-refractivity contribution in [2.24, 2.45) is 0 Å². The topological polar surface area (TPSA) is 67.4 Å². The zero-order valence-corrected chi connectivity index (χ0v) is 14.1. The van der Waals surface area contributed by atoms with Crippen LogP contribution in [0.5, 0.6) is 5.75 Å². The van der Waals surface area contributed by atoms with Crippen molar-refractivity contribution in [3.8, 4) is 5.75 Å². The van der Waals surface area contributed by atoms with E-state index in [2.05, 4.69) is 22.8 Å². The lowest BCUT2D eigenvalue weighted by atomic mass is 10.0. The Morgan fingerprint density at radius 2 is 2.04 bits per heavy atom. The van der Waals surface area contributed by atoms with E-state index in [1.807, 2.05) is 6.07 Å². The lowest BCUT2D eigenvalue weighted by Crippen LogP contribution is -2.34. The summed E-state index contributed by atoms with van der Waals surface area (Å²) >= 11 is 0. The third-order valence-corrected chi connectivity index (χ3v) is 4.72. The van der Waals surface area contributed by atoms with Crippen molar-refractivity contribution in [2.75, 3.05) is 10.6 Å². The first-order valence-corrected chi connectivity index (χ1v) is 8.60. The summed E-state index contributed by atoms with van der Waals surface area (Å²) in [6, 6.07) is 11.6. The molecule has 2 amide bonds. The number of carbonyl (C=O) groups is 2. The van der Waals surface area contributed by atoms with Crippen molar-refractivity contribution in [1.82, 2.24) is 0 Å². The van der Waals surface area contributed by atoms with Gasteiger partial charge < -0.3 is 15.4 Å². The highest BCUT2D eigenvalue weighted by molar-refractivity contribution is 5.99. The van der Waals surface area contributed by atoms with Gasteiger partial charge in [0.1, 0.15) is 5.75 Å². The monoisotopic (exact) mass is 336 g/mol. The number of fused-ring (bicyclic) bond motifs is 2. The Morgan fingerprint density at radius 3 is 2.92 bits per heavy atom. The zero-order chi connectivity index (χ0) is 17.4. The molecule has 1 atom stereocenters. The molecule has 1 heterocycles. The molecule has 25 heavy (non-hydrogen) atoms. The molecule has 2 aromatic carbocycles. The molecule has 2 N–H and O–H groups in total. The largest absolute Gasteiger partial charge is 0.479 e. The highest BCUT2D eigenvalue weighted by atomic mass is 16.5. The minimum Gasteiger partial charge on any atom is -0.479 e. The maximum absolute atomic E-state index is 12.3. The fourth-order valence-electron chi connectivity index (χ4n) is 3.41. The number of hydrogen-bond donors (Lipinski definition) is 2. The summed E-state index contributed by atoms with van der Waals surface area (Å²) in [7, 11) is 0. The lowest BCUT2D eigenvalue weighted by molar-refractivity contribution is -0.122. The summed E-state index contributed by atoms with van der Waals surface area (Å²) in [5, 5.41) is 5.67. The molecule has 1 aliphatic heterocycles. The minimum absolute atomic E-state index is 0.0747. The Kier molecular flexibility index (Phi) is 3.92. The van der Waals surface area contributed by atoms with Gasteiger partial charge in [0, 0.05) is 5.69 Å². The molecule has 128 valence electrons. The van der Waals surface area contributed by atoms with Crippen molar-refractivity contribution >= 4 is 23.2 Å². The zero-order valence-electron chi connectivity index (χ0n) is 14.1. The van der Waals surface area contributed by atoms with Crippen LogP contribution in [0, 0.1) is 0 Å². The predicted octanol–water partition coefficient (Wildman–Crippen LogP) is 3.08. The number of anilines is 2. The van der Waals surface area contributed by atoms with E-state index < -0.39 is 6.10 Å². The molecule has 1 aliphatic carbocycles. The summed E-state index contributed by atoms with van der Waals surface area (Å²) in [4.78, 5) is 24.0. The molecule has 2 aromatic rings. The van der Waals surface area contributed by atoms with Gasteiger partial charge in [-0.2, -0.15) is 0 Å². The van der Waals surface area contributed by atoms with E-state index in [0.29, 0.717) is 23.5 Å². The van der Waals surface area contributed by atoms with Crippen LogP contribution in [0.2, 0.25) is 0 Å². The molecule has 5 heteroatoms. The lowest BCUT2D eigenvalue weighted by Gasteiger charge is -2.23. The van der Waals surface area contributed by atoms with Gasteiger partial charge in [0.25, 0.3) is 5.91 Å². The summed E-state index contributed by atoms with van der Waals surface area (Å²) < 4.78 is 5.52. The Labute approximate surface area is 146 Å². The quantitative estimate of drug-likeness (QED) is 0.905. The first kappa shape index (κ1) is 15.7. The molecule has 0 spiro atoms. The first-order valence-electron chi connectivity index (χ1n) is 8.60. The van der Waals surface area contributed by atoms with Crippen LogP contribution in [-0.2, 0) is 28.9 Å². The molecule has 0 bridgehead atoms. The van der Waals surface area contributed by atoms with Gasteiger partial charge in [0.05, 0.1) is 12.1 Å². The fourth-order valence-corrected chi connectivity index (χ4v) is 3.41. The van der Waals surface area contributed by atoms with Gasteiger partial charge in [-0.15, -0.1) is 0 Å². The number of ether oxygens (including phenoxy) is 1. The molecule has 0 saturated heterocycles. The number of amides is 2. The Bertz CT molecular complexity index is 860. The Balaban J connectivity index is 1.44. The van der Waals surface area contributed by atoms with Gasteiger partial charge in [0.15, 0.2) is 6.10 Å². The van der Waals surface area contributed by atoms with Crippen LogP contribution in [0.15, 0.2) is 36.4 Å². The van der Waals surface area contributed by atoms with Crippen molar-refractivity contribution < 1.29 is 14.3 Å². The second-order valence-electron chi connectivity index (χ2n) is 6.64. The van der Waals surface area contributed by atoms with E-state index in [-0.39, 0.29) is 11.8 Å². The van der Waals surface area contributed by atoms with Gasteiger partial charge in [-0.25, -0.2) is 0 Å². The van der Waals surface area contributed by atoms with E-state index in [0.717, 1.165) is 18.4 Å². The van der Waals surface area contributed by atoms with Crippen LogP contribution >= 0.6 is 0 Å². The third-order valence-electron chi connectivity index (χ3n) is 4.72. The van der Waals surface area contributed by atoms with Gasteiger partial charge in [0.2, 0.25) is 5.91 Å². The second kappa shape index (κ2) is 6.24. The van der Waals surface area contributed by atoms with Gasteiger partial charge in [-0.05, 0) is 61.1 Å². The van der Waals surface area contributed by atoms with Crippen LogP contribution in [0.3, 0.4) is 0 Å². The molecule has 0 saturated carbocycles. The van der Waals surface area contributed by atoms with Gasteiger partial charge in [-0.3, -0.25) is 9.59 Å². The van der Waals surface area contributed by atoms with Crippen LogP contribution in [0.25, 0.3) is 0 Å². The SMILES string of the molecule is C[C@H]1Oc2ccc(NC(=O)Cc3ccc4c(c3)CCC4)cc2NC1=O. The number of nitrogens with one attached hydrogen (secondary N) is 2. The molecule has 0 fully saturated rings. The molecule has 0 aromatic heterocycles. The summed E-state index contributed by atoms with van der Waals surface area (Å²) in [5.74, 6) is 0.354. The van der Waals surface area contributed by atoms with E-state index in [1.54, 1.807) is 25.1 Å². The van der Waals surface area contributed by atoms with Crippen molar-refractivity contribution in [3.63, 3.8) is 0 Å². The van der Waals surface area contributed by atoms with Crippen LogP contribution in [0.4, 0.5) is 11.4 Å². The Hall–Kier alpha value is -2.82. The molecular formula is C20H20N2O3. The number of rotatable bonds is 3. The molecule has 0 radical (unpaired) electrons. The number of benzene rings is 2. The van der Waals surface area contributed by atoms with E-state index in [9.17, 15) is 9.59 Å². The molecule has 4 rings (SSSR count). The van der Waals surface area contributed by atoms with Gasteiger partial charge in [-0.1, -0.05) is 18.2 Å². The highest BCUT2D eigenvalue weighted by Crippen LogP contribution is 2.32. The smallest absolute Gasteiger partial charge is 0.265 e. The molecule has 0 unspecified atom stereocenters. The number of carbonyl (C=O) groups excluding carboxylic acids is 2. The van der Waals surface area contributed by atoms with E-state index in [1.165, 1.54) is 17.5 Å². The second-order valence-corrected chi connectivity index (χ2v) is 6.64. The predicted molar refractivity (Wildman–Crippen MR) is 96.0 cm³/mol. The standard InChI is InChI=1S/C20H20N2O3/c1-12-20(24)22-17-11-16(7-8-18(17)25-12)21-19(23)10-13-5-6-14-3-2-4-15(14)9-13/h5-9,11-12H,2-4,10H2,1H3,(H,21,23)(H,22,24)/t12-/m1/s1. The average molecular weight is 336 g/mol. The van der Waals surface area contributed by atoms with Crippen molar-refractivity contribution in [3.05, 3.63) is 53.1 Å². The maximum atomic E-state index is 12.3. The first-order chi connectivity index (χ1) is 12.1. The Morgan fingerprint density at radius 1 is 1.20 bits per heavy atom. The van der Waals surface area contributed by atoms with Crippen LogP contribution in [0.1, 0.15) is 30.0 Å². The molecule has 2 aliphatic rings. The summed E-state index contributed by atoms with van der Waals surface area (Å²) in [6.45, 7) is 1.70. The summed E-state index contributed by atoms with van der Waals surface area (Å²) in [5.41, 5.74) is 5.03. The van der Waals surface area contributed by atoms with Crippen LogP contribution in [-0.4, -0.2) is 17.9 Å². The minimum atomic E-state index is -0.507. The van der Waals surface area contributed by atoms with E-state index >= 15 is 0 Å². The van der Waals surface area contributed by atoms with Crippen LogP contribution < -0.4 is 15.4 Å². The summed E-state index contributed by atoms with van der Waals surface area (Å²) in [6.07, 6.45) is 3.28. The molecular weight excluding hydrogens is 316 g/mol.